The fraction of sp³-hybridized carbons (Fsp3) is 0.0667. The molecule has 0 saturated carbocycles. The first-order valence-corrected chi connectivity index (χ1v) is 4.94. The summed E-state index contributed by atoms with van der Waals surface area (Å²) in [5.74, 6) is 0.317. The number of aromatic hydroxyl groups is 1. The molecule has 0 aliphatic heterocycles. The van der Waals surface area contributed by atoms with Crippen LogP contribution in [0, 0.1) is 0 Å². The van der Waals surface area contributed by atoms with Gasteiger partial charge in [0.05, 0.1) is 0 Å². The molecular weight excluding hydrogens is 196 g/mol. The molecule has 0 spiro atoms. The Bertz CT molecular complexity index is 641. The first-order chi connectivity index (χ1) is 7.33. The minimum atomic E-state index is 0. The molecular formula is C15H14O. The Hall–Kier alpha value is -2.02. The highest BCUT2D eigenvalue weighted by Gasteiger charge is 1.98. The molecule has 0 aliphatic carbocycles. The van der Waals surface area contributed by atoms with E-state index in [1.165, 1.54) is 10.8 Å². The van der Waals surface area contributed by atoms with Crippen LogP contribution in [-0.2, 0) is 0 Å². The minimum absolute atomic E-state index is 0. The summed E-state index contributed by atoms with van der Waals surface area (Å²) in [6.07, 6.45) is 0. The van der Waals surface area contributed by atoms with Gasteiger partial charge in [-0.1, -0.05) is 37.8 Å². The van der Waals surface area contributed by atoms with Crippen LogP contribution >= 0.6 is 0 Å². The van der Waals surface area contributed by atoms with Crippen molar-refractivity contribution in [1.82, 2.24) is 0 Å². The Kier molecular flexibility index (Phi) is 2.53. The quantitative estimate of drug-likeness (QED) is 0.547. The van der Waals surface area contributed by atoms with Gasteiger partial charge in [-0.3, -0.25) is 0 Å². The molecule has 80 valence electrons. The predicted octanol–water partition coefficient (Wildman–Crippen LogP) is 4.33. The Morgan fingerprint density at radius 3 is 1.88 bits per heavy atom. The maximum atomic E-state index is 9.40. The van der Waals surface area contributed by atoms with Gasteiger partial charge in [0.15, 0.2) is 0 Å². The van der Waals surface area contributed by atoms with Crippen LogP contribution in [0.1, 0.15) is 7.43 Å². The summed E-state index contributed by atoms with van der Waals surface area (Å²) in [4.78, 5) is 0. The Morgan fingerprint density at radius 2 is 1.19 bits per heavy atom. The normalized spacial score (nSPS) is 10.2. The molecule has 0 fully saturated rings. The standard InChI is InChI=1S/C14H10O.CH4/c15-14-6-5-12-7-10-3-1-2-4-11(10)8-13(12)9-14;/h1-9,15H;1H4. The molecule has 3 aromatic rings. The van der Waals surface area contributed by atoms with Gasteiger partial charge >= 0.3 is 0 Å². The van der Waals surface area contributed by atoms with Crippen LogP contribution in [0.2, 0.25) is 0 Å². The van der Waals surface area contributed by atoms with Gasteiger partial charge in [0.25, 0.3) is 0 Å². The molecule has 0 radical (unpaired) electrons. The third kappa shape index (κ3) is 1.61. The second-order valence-electron chi connectivity index (χ2n) is 3.73. The van der Waals surface area contributed by atoms with E-state index in [-0.39, 0.29) is 7.43 Å². The van der Waals surface area contributed by atoms with Crippen molar-refractivity contribution in [1.29, 1.82) is 0 Å². The van der Waals surface area contributed by atoms with Crippen LogP contribution in [0.5, 0.6) is 5.75 Å². The maximum absolute atomic E-state index is 9.40. The molecule has 3 rings (SSSR count). The molecule has 3 aromatic carbocycles. The van der Waals surface area contributed by atoms with Gasteiger partial charge in [0.2, 0.25) is 0 Å². The van der Waals surface area contributed by atoms with E-state index in [1.54, 1.807) is 12.1 Å². The summed E-state index contributed by atoms with van der Waals surface area (Å²) in [6, 6.07) is 17.9. The second kappa shape index (κ2) is 3.86. The molecule has 1 nitrogen and oxygen atoms in total. The van der Waals surface area contributed by atoms with E-state index >= 15 is 0 Å². The molecule has 0 aromatic heterocycles. The van der Waals surface area contributed by atoms with Crippen LogP contribution in [0.3, 0.4) is 0 Å². The van der Waals surface area contributed by atoms with Crippen molar-refractivity contribution < 1.29 is 5.11 Å². The molecule has 0 saturated heterocycles. The van der Waals surface area contributed by atoms with Crippen molar-refractivity contribution in [2.75, 3.05) is 0 Å². The van der Waals surface area contributed by atoms with E-state index in [0.29, 0.717) is 5.75 Å². The fourth-order valence-corrected chi connectivity index (χ4v) is 1.93. The van der Waals surface area contributed by atoms with Gasteiger partial charge in [-0.2, -0.15) is 0 Å². The number of fused-ring (bicyclic) bond motifs is 2. The van der Waals surface area contributed by atoms with E-state index in [0.717, 1.165) is 10.8 Å². The lowest BCUT2D eigenvalue weighted by Crippen LogP contribution is -1.75. The zero-order valence-corrected chi connectivity index (χ0v) is 8.14. The molecule has 0 bridgehead atoms. The summed E-state index contributed by atoms with van der Waals surface area (Å²) in [6.45, 7) is 0. The van der Waals surface area contributed by atoms with Crippen LogP contribution in [0.4, 0.5) is 0 Å². The van der Waals surface area contributed by atoms with Gasteiger partial charge in [0, 0.05) is 0 Å². The second-order valence-corrected chi connectivity index (χ2v) is 3.73. The first kappa shape index (κ1) is 10.5. The largest absolute Gasteiger partial charge is 0.508 e. The Balaban J connectivity index is 0.000000963. The zero-order valence-electron chi connectivity index (χ0n) is 8.14. The lowest BCUT2D eigenvalue weighted by Gasteiger charge is -2.02. The predicted molar refractivity (Wildman–Crippen MR) is 69.8 cm³/mol. The summed E-state index contributed by atoms with van der Waals surface area (Å²) < 4.78 is 0. The van der Waals surface area contributed by atoms with E-state index < -0.39 is 0 Å². The van der Waals surface area contributed by atoms with Crippen molar-refractivity contribution in [3.8, 4) is 5.75 Å². The molecule has 0 atom stereocenters. The molecule has 0 heterocycles. The van der Waals surface area contributed by atoms with Crippen molar-refractivity contribution in [3.05, 3.63) is 54.6 Å². The molecule has 1 N–H and O–H groups in total. The highest BCUT2D eigenvalue weighted by molar-refractivity contribution is 5.98. The Labute approximate surface area is 95.0 Å². The van der Waals surface area contributed by atoms with E-state index in [1.807, 2.05) is 18.2 Å². The monoisotopic (exact) mass is 210 g/mol. The summed E-state index contributed by atoms with van der Waals surface area (Å²) in [5.41, 5.74) is 0. The third-order valence-corrected chi connectivity index (χ3v) is 2.69. The van der Waals surface area contributed by atoms with Gasteiger partial charge in [-0.25, -0.2) is 0 Å². The highest BCUT2D eigenvalue weighted by atomic mass is 16.3. The van der Waals surface area contributed by atoms with Crippen molar-refractivity contribution in [2.45, 2.75) is 7.43 Å². The summed E-state index contributed by atoms with van der Waals surface area (Å²) in [5, 5.41) is 14.1. The first-order valence-electron chi connectivity index (χ1n) is 4.94. The molecule has 16 heavy (non-hydrogen) atoms. The zero-order chi connectivity index (χ0) is 10.3. The van der Waals surface area contributed by atoms with Gasteiger partial charge < -0.3 is 5.11 Å². The molecule has 0 amide bonds. The van der Waals surface area contributed by atoms with Crippen LogP contribution in [-0.4, -0.2) is 5.11 Å². The van der Waals surface area contributed by atoms with E-state index in [4.69, 9.17) is 0 Å². The Morgan fingerprint density at radius 1 is 0.625 bits per heavy atom. The van der Waals surface area contributed by atoms with Gasteiger partial charge in [-0.15, -0.1) is 0 Å². The third-order valence-electron chi connectivity index (χ3n) is 2.69. The van der Waals surface area contributed by atoms with Crippen LogP contribution < -0.4 is 0 Å². The fourth-order valence-electron chi connectivity index (χ4n) is 1.93. The van der Waals surface area contributed by atoms with E-state index in [2.05, 4.69) is 24.3 Å². The lowest BCUT2D eigenvalue weighted by molar-refractivity contribution is 0.476. The topological polar surface area (TPSA) is 20.2 Å². The summed E-state index contributed by atoms with van der Waals surface area (Å²) in [7, 11) is 0. The molecule has 0 unspecified atom stereocenters. The minimum Gasteiger partial charge on any atom is -0.508 e. The SMILES string of the molecule is C.Oc1ccc2cc3ccccc3cc2c1. The van der Waals surface area contributed by atoms with Crippen molar-refractivity contribution in [2.24, 2.45) is 0 Å². The molecule has 0 aliphatic rings. The van der Waals surface area contributed by atoms with Crippen LogP contribution in [0.25, 0.3) is 21.5 Å². The van der Waals surface area contributed by atoms with Gasteiger partial charge in [0.1, 0.15) is 5.75 Å². The average Bonchev–Trinajstić information content (AvgIpc) is 2.26. The summed E-state index contributed by atoms with van der Waals surface area (Å²) >= 11 is 0. The van der Waals surface area contributed by atoms with Crippen molar-refractivity contribution in [3.63, 3.8) is 0 Å². The van der Waals surface area contributed by atoms with Crippen molar-refractivity contribution >= 4 is 21.5 Å². The maximum Gasteiger partial charge on any atom is 0.116 e. The van der Waals surface area contributed by atoms with E-state index in [9.17, 15) is 5.11 Å². The van der Waals surface area contributed by atoms with Gasteiger partial charge in [-0.05, 0) is 45.8 Å². The average molecular weight is 210 g/mol. The number of rotatable bonds is 0. The highest BCUT2D eigenvalue weighted by Crippen LogP contribution is 2.25. The lowest BCUT2D eigenvalue weighted by atomic mass is 10.0. The molecule has 1 heteroatoms. The van der Waals surface area contributed by atoms with Crippen LogP contribution in [0.15, 0.2) is 54.6 Å². The number of hydrogen-bond donors (Lipinski definition) is 1. The number of hydrogen-bond acceptors (Lipinski definition) is 1. The number of benzene rings is 3. The smallest absolute Gasteiger partial charge is 0.116 e. The number of phenols is 1. The number of phenolic OH excluding ortho intramolecular Hbond substituents is 1.